The first-order valence-corrected chi connectivity index (χ1v) is 9.14. The summed E-state index contributed by atoms with van der Waals surface area (Å²) in [4.78, 5) is 15.7. The SMILES string of the molecule is Nc1ncc(Cc2ccc3[nH]cnc3c2Cl)c(Nc2cc([C@H]3C[C@@H]3F)[nH]n2)n1. The molecule has 0 radical (unpaired) electrons. The molecule has 5 rings (SSSR count). The Hall–Kier alpha value is -3.20. The van der Waals surface area contributed by atoms with E-state index in [0.717, 1.165) is 22.3 Å². The van der Waals surface area contributed by atoms with Crippen LogP contribution in [0, 0.1) is 0 Å². The predicted octanol–water partition coefficient (Wildman–Crippen LogP) is 3.47. The first-order valence-electron chi connectivity index (χ1n) is 8.76. The van der Waals surface area contributed by atoms with Crippen molar-refractivity contribution in [1.29, 1.82) is 0 Å². The van der Waals surface area contributed by atoms with Gasteiger partial charge < -0.3 is 16.0 Å². The molecule has 1 saturated carbocycles. The number of nitrogen functional groups attached to an aromatic ring is 1. The van der Waals surface area contributed by atoms with Crippen LogP contribution in [0.25, 0.3) is 11.0 Å². The fraction of sp³-hybridized carbons (Fsp3) is 0.222. The fourth-order valence-electron chi connectivity index (χ4n) is 3.21. The summed E-state index contributed by atoms with van der Waals surface area (Å²) in [5.74, 6) is 1.11. The number of benzene rings is 1. The highest BCUT2D eigenvalue weighted by molar-refractivity contribution is 6.35. The zero-order valence-electron chi connectivity index (χ0n) is 14.6. The van der Waals surface area contributed by atoms with Crippen molar-refractivity contribution >= 4 is 40.2 Å². The number of nitrogens with two attached hydrogens (primary N) is 1. The van der Waals surface area contributed by atoms with Crippen molar-refractivity contribution in [2.75, 3.05) is 11.1 Å². The van der Waals surface area contributed by atoms with Crippen LogP contribution in [0.4, 0.5) is 22.0 Å². The second-order valence-corrected chi connectivity index (χ2v) is 7.19. The summed E-state index contributed by atoms with van der Waals surface area (Å²) in [7, 11) is 0. The van der Waals surface area contributed by atoms with Gasteiger partial charge in [-0.2, -0.15) is 10.1 Å². The van der Waals surface area contributed by atoms with Gasteiger partial charge in [0.25, 0.3) is 0 Å². The third-order valence-corrected chi connectivity index (χ3v) is 5.25. The van der Waals surface area contributed by atoms with E-state index in [9.17, 15) is 4.39 Å². The Kier molecular flexibility index (Phi) is 3.90. The molecule has 5 N–H and O–H groups in total. The van der Waals surface area contributed by atoms with Gasteiger partial charge in [-0.1, -0.05) is 17.7 Å². The van der Waals surface area contributed by atoms with Crippen LogP contribution in [0.1, 0.15) is 29.2 Å². The van der Waals surface area contributed by atoms with E-state index in [1.807, 2.05) is 12.1 Å². The lowest BCUT2D eigenvalue weighted by molar-refractivity contribution is 0.466. The number of alkyl halides is 1. The molecule has 28 heavy (non-hydrogen) atoms. The molecule has 1 aromatic carbocycles. The Balaban J connectivity index is 1.44. The monoisotopic (exact) mass is 398 g/mol. The Morgan fingerprint density at radius 3 is 2.96 bits per heavy atom. The second-order valence-electron chi connectivity index (χ2n) is 6.81. The summed E-state index contributed by atoms with van der Waals surface area (Å²) < 4.78 is 13.3. The zero-order valence-corrected chi connectivity index (χ0v) is 15.3. The number of hydrogen-bond donors (Lipinski definition) is 4. The highest BCUT2D eigenvalue weighted by Gasteiger charge is 2.40. The summed E-state index contributed by atoms with van der Waals surface area (Å²) in [6.45, 7) is 0. The molecular weight excluding hydrogens is 383 g/mol. The summed E-state index contributed by atoms with van der Waals surface area (Å²) in [6.07, 6.45) is 3.48. The molecule has 1 fully saturated rings. The van der Waals surface area contributed by atoms with Crippen LogP contribution in [0.3, 0.4) is 0 Å². The van der Waals surface area contributed by atoms with Gasteiger partial charge in [-0.15, -0.1) is 0 Å². The molecule has 0 aliphatic heterocycles. The van der Waals surface area contributed by atoms with Gasteiger partial charge in [0.1, 0.15) is 17.5 Å². The number of aromatic amines is 2. The molecule has 1 aliphatic carbocycles. The summed E-state index contributed by atoms with van der Waals surface area (Å²) in [5, 5.41) is 10.8. The number of nitrogens with zero attached hydrogens (tertiary/aromatic N) is 4. The Bertz CT molecular complexity index is 1170. The summed E-state index contributed by atoms with van der Waals surface area (Å²) in [6, 6.07) is 5.65. The van der Waals surface area contributed by atoms with Crippen LogP contribution in [-0.4, -0.2) is 36.3 Å². The van der Waals surface area contributed by atoms with E-state index in [4.69, 9.17) is 17.3 Å². The molecule has 0 amide bonds. The number of nitrogens with one attached hydrogen (secondary N) is 3. The van der Waals surface area contributed by atoms with Crippen molar-refractivity contribution in [1.82, 2.24) is 30.1 Å². The number of halogens is 2. The lowest BCUT2D eigenvalue weighted by Gasteiger charge is -2.11. The van der Waals surface area contributed by atoms with E-state index in [1.165, 1.54) is 0 Å². The quantitative estimate of drug-likeness (QED) is 0.408. The molecule has 0 spiro atoms. The van der Waals surface area contributed by atoms with E-state index >= 15 is 0 Å². The first-order chi connectivity index (χ1) is 13.6. The van der Waals surface area contributed by atoms with Gasteiger partial charge in [0, 0.05) is 35.9 Å². The molecule has 4 aromatic rings. The van der Waals surface area contributed by atoms with Gasteiger partial charge in [0.15, 0.2) is 5.82 Å². The smallest absolute Gasteiger partial charge is 0.221 e. The minimum absolute atomic E-state index is 0.0997. The maximum absolute atomic E-state index is 13.3. The van der Waals surface area contributed by atoms with Crippen LogP contribution >= 0.6 is 11.6 Å². The predicted molar refractivity (Wildman–Crippen MR) is 104 cm³/mol. The summed E-state index contributed by atoms with van der Waals surface area (Å²) >= 11 is 6.51. The molecule has 8 nitrogen and oxygen atoms in total. The lowest BCUT2D eigenvalue weighted by atomic mass is 10.1. The van der Waals surface area contributed by atoms with Gasteiger partial charge in [-0.3, -0.25) is 5.10 Å². The maximum Gasteiger partial charge on any atom is 0.221 e. The minimum Gasteiger partial charge on any atom is -0.368 e. The zero-order chi connectivity index (χ0) is 19.3. The van der Waals surface area contributed by atoms with Crippen LogP contribution in [0.15, 0.2) is 30.7 Å². The third kappa shape index (κ3) is 3.03. The highest BCUT2D eigenvalue weighted by Crippen LogP contribution is 2.43. The minimum atomic E-state index is -0.794. The van der Waals surface area contributed by atoms with Gasteiger partial charge in [-0.25, -0.2) is 14.4 Å². The number of rotatable bonds is 5. The van der Waals surface area contributed by atoms with E-state index < -0.39 is 6.17 Å². The number of aromatic nitrogens is 6. The van der Waals surface area contributed by atoms with Gasteiger partial charge >= 0.3 is 0 Å². The number of H-pyrrole nitrogens is 2. The first kappa shape index (κ1) is 16.9. The Morgan fingerprint density at radius 1 is 1.29 bits per heavy atom. The van der Waals surface area contributed by atoms with E-state index in [1.54, 1.807) is 18.6 Å². The molecule has 10 heteroatoms. The fourth-order valence-corrected chi connectivity index (χ4v) is 3.49. The van der Waals surface area contributed by atoms with E-state index in [-0.39, 0.29) is 11.9 Å². The number of hydrogen-bond acceptors (Lipinski definition) is 6. The van der Waals surface area contributed by atoms with Crippen molar-refractivity contribution in [3.05, 3.63) is 52.6 Å². The largest absolute Gasteiger partial charge is 0.368 e. The molecule has 0 saturated heterocycles. The molecule has 0 unspecified atom stereocenters. The normalized spacial score (nSPS) is 18.5. The molecule has 0 bridgehead atoms. The van der Waals surface area contributed by atoms with Gasteiger partial charge in [-0.05, 0) is 18.1 Å². The van der Waals surface area contributed by atoms with Crippen molar-refractivity contribution in [2.24, 2.45) is 0 Å². The number of anilines is 3. The number of imidazole rings is 1. The molecular formula is C18H16ClFN8. The molecule has 1 aliphatic rings. The lowest BCUT2D eigenvalue weighted by Crippen LogP contribution is -2.05. The summed E-state index contributed by atoms with van der Waals surface area (Å²) in [5.41, 5.74) is 9.81. The van der Waals surface area contributed by atoms with Crippen LogP contribution in [0.5, 0.6) is 0 Å². The maximum atomic E-state index is 13.3. The van der Waals surface area contributed by atoms with Crippen LogP contribution in [0.2, 0.25) is 5.02 Å². The molecule has 3 aromatic heterocycles. The topological polar surface area (TPSA) is 121 Å². The van der Waals surface area contributed by atoms with Gasteiger partial charge in [0.05, 0.1) is 16.9 Å². The van der Waals surface area contributed by atoms with Crippen molar-refractivity contribution in [3.8, 4) is 0 Å². The van der Waals surface area contributed by atoms with E-state index in [0.29, 0.717) is 35.0 Å². The third-order valence-electron chi connectivity index (χ3n) is 4.83. The van der Waals surface area contributed by atoms with Crippen molar-refractivity contribution < 1.29 is 4.39 Å². The Morgan fingerprint density at radius 2 is 2.14 bits per heavy atom. The van der Waals surface area contributed by atoms with Crippen molar-refractivity contribution in [3.63, 3.8) is 0 Å². The average Bonchev–Trinajstić information content (AvgIpc) is 3.08. The van der Waals surface area contributed by atoms with Gasteiger partial charge in [0.2, 0.25) is 5.95 Å². The van der Waals surface area contributed by atoms with Crippen LogP contribution in [-0.2, 0) is 6.42 Å². The van der Waals surface area contributed by atoms with Crippen LogP contribution < -0.4 is 11.1 Å². The highest BCUT2D eigenvalue weighted by atomic mass is 35.5. The van der Waals surface area contributed by atoms with Crippen molar-refractivity contribution in [2.45, 2.75) is 24.9 Å². The number of fused-ring (bicyclic) bond motifs is 1. The Labute approximate surface area is 163 Å². The molecule has 2 atom stereocenters. The molecule has 3 heterocycles. The second kappa shape index (κ2) is 6.45. The van der Waals surface area contributed by atoms with E-state index in [2.05, 4.69) is 35.5 Å². The molecule has 142 valence electrons. The average molecular weight is 399 g/mol. The standard InChI is InChI=1S/C18H16ClFN8/c19-15-8(1-2-12-16(15)24-7-23-12)3-9-6-22-18(21)26-17(9)25-14-5-13(27-28-14)10-4-11(10)20/h1-2,5-7,10-11H,3-4H2,(H,23,24)(H4,21,22,25,26,27,28)/t10-,11-/m0/s1.